The van der Waals surface area contributed by atoms with E-state index in [0.29, 0.717) is 11.5 Å². The molecule has 0 aliphatic rings. The van der Waals surface area contributed by atoms with Crippen LogP contribution in [0.3, 0.4) is 0 Å². The van der Waals surface area contributed by atoms with Crippen molar-refractivity contribution < 1.29 is 14.3 Å². The average Bonchev–Trinajstić information content (AvgIpc) is 2.56. The van der Waals surface area contributed by atoms with Gasteiger partial charge in [0.05, 0.1) is 25.2 Å². The molecule has 0 saturated heterocycles. The van der Waals surface area contributed by atoms with Gasteiger partial charge in [0.1, 0.15) is 0 Å². The van der Waals surface area contributed by atoms with E-state index in [9.17, 15) is 4.79 Å². The highest BCUT2D eigenvalue weighted by atomic mass is 79.9. The summed E-state index contributed by atoms with van der Waals surface area (Å²) < 4.78 is 11.4. The lowest BCUT2D eigenvalue weighted by Gasteiger charge is -2.14. The van der Waals surface area contributed by atoms with E-state index in [0.717, 1.165) is 15.1 Å². The van der Waals surface area contributed by atoms with E-state index in [4.69, 9.17) is 9.47 Å². The first kappa shape index (κ1) is 17.7. The van der Waals surface area contributed by atoms with Gasteiger partial charge in [0.25, 0.3) is 0 Å². The van der Waals surface area contributed by atoms with Gasteiger partial charge in [-0.1, -0.05) is 12.1 Å². The van der Waals surface area contributed by atoms with Crippen LogP contribution in [0.5, 0.6) is 11.5 Å². The van der Waals surface area contributed by atoms with Crippen LogP contribution >= 0.6 is 27.7 Å². The summed E-state index contributed by atoms with van der Waals surface area (Å²) in [7, 11) is 3.19. The maximum Gasteiger partial charge on any atom is 0.237 e. The number of thioether (sulfide) groups is 1. The van der Waals surface area contributed by atoms with Crippen LogP contribution in [0.2, 0.25) is 0 Å². The first-order chi connectivity index (χ1) is 11.0. The minimum Gasteiger partial charge on any atom is -0.493 e. The Hall–Kier alpha value is -1.66. The minimum absolute atomic E-state index is 0.0586. The molecule has 2 aromatic carbocycles. The summed E-state index contributed by atoms with van der Waals surface area (Å²) in [6, 6.07) is 13.1. The smallest absolute Gasteiger partial charge is 0.237 e. The summed E-state index contributed by atoms with van der Waals surface area (Å²) in [4.78, 5) is 13.3. The van der Waals surface area contributed by atoms with Gasteiger partial charge in [0.2, 0.25) is 5.91 Å². The molecule has 0 radical (unpaired) electrons. The van der Waals surface area contributed by atoms with Gasteiger partial charge in [-0.3, -0.25) is 4.79 Å². The Balaban J connectivity index is 2.05. The van der Waals surface area contributed by atoms with Crippen molar-refractivity contribution in [3.63, 3.8) is 0 Å². The van der Waals surface area contributed by atoms with Gasteiger partial charge >= 0.3 is 0 Å². The van der Waals surface area contributed by atoms with Crippen LogP contribution in [0.1, 0.15) is 6.92 Å². The van der Waals surface area contributed by atoms with Crippen molar-refractivity contribution in [2.75, 3.05) is 19.5 Å². The molecule has 0 unspecified atom stereocenters. The van der Waals surface area contributed by atoms with Crippen molar-refractivity contribution in [3.8, 4) is 11.5 Å². The second-order valence-electron chi connectivity index (χ2n) is 4.75. The second-order valence-corrected chi connectivity index (χ2v) is 7.01. The Labute approximate surface area is 148 Å². The molecule has 0 aromatic heterocycles. The van der Waals surface area contributed by atoms with Crippen molar-refractivity contribution >= 4 is 39.3 Å². The van der Waals surface area contributed by atoms with E-state index in [1.165, 1.54) is 11.8 Å². The van der Waals surface area contributed by atoms with Gasteiger partial charge in [0, 0.05) is 9.37 Å². The highest BCUT2D eigenvalue weighted by molar-refractivity contribution is 9.10. The molecule has 0 bridgehead atoms. The SMILES string of the molecule is COc1ccc(S[C@H](C)C(=O)Nc2ccccc2Br)cc1OC. The number of methoxy groups -OCH3 is 2. The number of carbonyl (C=O) groups excluding carboxylic acids is 1. The summed E-state index contributed by atoms with van der Waals surface area (Å²) in [5.41, 5.74) is 0.761. The van der Waals surface area contributed by atoms with Crippen LogP contribution in [0.15, 0.2) is 51.8 Å². The maximum absolute atomic E-state index is 12.3. The Morgan fingerprint density at radius 1 is 1.13 bits per heavy atom. The number of nitrogens with one attached hydrogen (secondary N) is 1. The van der Waals surface area contributed by atoms with Crippen LogP contribution < -0.4 is 14.8 Å². The summed E-state index contributed by atoms with van der Waals surface area (Å²) in [6.07, 6.45) is 0. The molecule has 2 rings (SSSR count). The maximum atomic E-state index is 12.3. The number of carbonyl (C=O) groups is 1. The van der Waals surface area contributed by atoms with Gasteiger partial charge < -0.3 is 14.8 Å². The first-order valence-corrected chi connectivity index (χ1v) is 8.66. The zero-order valence-electron chi connectivity index (χ0n) is 13.1. The second kappa shape index (κ2) is 8.26. The van der Waals surface area contributed by atoms with E-state index >= 15 is 0 Å². The minimum atomic E-state index is -0.250. The van der Waals surface area contributed by atoms with Crippen molar-refractivity contribution in [1.82, 2.24) is 0 Å². The van der Waals surface area contributed by atoms with Gasteiger partial charge in [-0.05, 0) is 53.2 Å². The van der Waals surface area contributed by atoms with E-state index in [-0.39, 0.29) is 11.2 Å². The lowest BCUT2D eigenvalue weighted by molar-refractivity contribution is -0.115. The van der Waals surface area contributed by atoms with Crippen molar-refractivity contribution in [2.45, 2.75) is 17.1 Å². The number of anilines is 1. The summed E-state index contributed by atoms with van der Waals surface area (Å²) >= 11 is 4.89. The molecule has 0 heterocycles. The number of ether oxygens (including phenoxy) is 2. The van der Waals surface area contributed by atoms with Gasteiger partial charge in [-0.25, -0.2) is 0 Å². The van der Waals surface area contributed by atoms with Crippen LogP contribution in [-0.2, 0) is 4.79 Å². The zero-order valence-corrected chi connectivity index (χ0v) is 15.5. The Morgan fingerprint density at radius 3 is 2.48 bits per heavy atom. The van der Waals surface area contributed by atoms with Gasteiger partial charge in [-0.2, -0.15) is 0 Å². The molecule has 23 heavy (non-hydrogen) atoms. The molecule has 2 aromatic rings. The predicted octanol–water partition coefficient (Wildman–Crippen LogP) is 4.59. The van der Waals surface area contributed by atoms with Crippen LogP contribution in [0.25, 0.3) is 0 Å². The number of benzene rings is 2. The molecular formula is C17H18BrNO3S. The Morgan fingerprint density at radius 2 is 1.83 bits per heavy atom. The number of halogens is 1. The van der Waals surface area contributed by atoms with E-state index in [1.54, 1.807) is 14.2 Å². The molecule has 1 N–H and O–H groups in total. The molecule has 0 aliphatic heterocycles. The van der Waals surface area contributed by atoms with E-state index in [2.05, 4.69) is 21.2 Å². The number of rotatable bonds is 6. The normalized spacial score (nSPS) is 11.7. The summed E-state index contributed by atoms with van der Waals surface area (Å²) in [6.45, 7) is 1.87. The van der Waals surface area contributed by atoms with Crippen LogP contribution in [0.4, 0.5) is 5.69 Å². The number of para-hydroxylation sites is 1. The molecule has 4 nitrogen and oxygen atoms in total. The molecule has 1 amide bonds. The fourth-order valence-corrected chi connectivity index (χ4v) is 3.22. The monoisotopic (exact) mass is 395 g/mol. The van der Waals surface area contributed by atoms with Crippen LogP contribution in [0, 0.1) is 0 Å². The largest absolute Gasteiger partial charge is 0.493 e. The summed E-state index contributed by atoms with van der Waals surface area (Å²) in [5.74, 6) is 1.26. The lowest BCUT2D eigenvalue weighted by atomic mass is 10.3. The van der Waals surface area contributed by atoms with E-state index < -0.39 is 0 Å². The van der Waals surface area contributed by atoms with Gasteiger partial charge in [-0.15, -0.1) is 11.8 Å². The predicted molar refractivity (Wildman–Crippen MR) is 97.6 cm³/mol. The third-order valence-electron chi connectivity index (χ3n) is 3.17. The molecule has 1 atom stereocenters. The van der Waals surface area contributed by atoms with Gasteiger partial charge in [0.15, 0.2) is 11.5 Å². The topological polar surface area (TPSA) is 47.6 Å². The molecule has 0 aliphatic carbocycles. The third kappa shape index (κ3) is 4.65. The standard InChI is InChI=1S/C17H18BrNO3S/c1-11(17(20)19-14-7-5-4-6-13(14)18)23-12-8-9-15(21-2)16(10-12)22-3/h4-11H,1-3H3,(H,19,20)/t11-/m1/s1. The number of hydrogen-bond acceptors (Lipinski definition) is 4. The Kier molecular flexibility index (Phi) is 6.36. The first-order valence-electron chi connectivity index (χ1n) is 6.99. The van der Waals surface area contributed by atoms with Crippen molar-refractivity contribution in [1.29, 1.82) is 0 Å². The van der Waals surface area contributed by atoms with Crippen molar-refractivity contribution in [2.24, 2.45) is 0 Å². The van der Waals surface area contributed by atoms with Crippen molar-refractivity contribution in [3.05, 3.63) is 46.9 Å². The molecule has 0 fully saturated rings. The molecule has 6 heteroatoms. The molecular weight excluding hydrogens is 378 g/mol. The zero-order chi connectivity index (χ0) is 16.8. The van der Waals surface area contributed by atoms with Crippen LogP contribution in [-0.4, -0.2) is 25.4 Å². The van der Waals surface area contributed by atoms with E-state index in [1.807, 2.05) is 49.4 Å². The highest BCUT2D eigenvalue weighted by Gasteiger charge is 2.16. The fourth-order valence-electron chi connectivity index (χ4n) is 1.94. The molecule has 0 saturated carbocycles. The number of hydrogen-bond donors (Lipinski definition) is 1. The lowest BCUT2D eigenvalue weighted by Crippen LogP contribution is -2.22. The average molecular weight is 396 g/mol. The number of amides is 1. The summed E-state index contributed by atoms with van der Waals surface area (Å²) in [5, 5.41) is 2.67. The quantitative estimate of drug-likeness (QED) is 0.726. The molecule has 122 valence electrons. The fraction of sp³-hybridized carbons (Fsp3) is 0.235. The Bertz CT molecular complexity index is 693. The molecule has 0 spiro atoms. The third-order valence-corrected chi connectivity index (χ3v) is 4.95. The highest BCUT2D eigenvalue weighted by Crippen LogP contribution is 2.34.